The maximum Gasteiger partial charge on any atom is 0.220 e. The van der Waals surface area contributed by atoms with Gasteiger partial charge in [-0.15, -0.1) is 0 Å². The van der Waals surface area contributed by atoms with Crippen LogP contribution in [-0.4, -0.2) is 23.0 Å². The monoisotopic (exact) mass is 381 g/mol. The quantitative estimate of drug-likeness (QED) is 0.763. The summed E-state index contributed by atoms with van der Waals surface area (Å²) in [6.45, 7) is 2.45. The predicted octanol–water partition coefficient (Wildman–Crippen LogP) is 3.82. The van der Waals surface area contributed by atoms with Gasteiger partial charge in [0, 0.05) is 30.0 Å². The summed E-state index contributed by atoms with van der Waals surface area (Å²) in [4.78, 5) is 16.4. The summed E-state index contributed by atoms with van der Waals surface area (Å²) in [5, 5.41) is 4.12. The molecule has 0 saturated heterocycles. The summed E-state index contributed by atoms with van der Waals surface area (Å²) >= 11 is 12.1. The van der Waals surface area contributed by atoms with Gasteiger partial charge in [0.25, 0.3) is 0 Å². The number of nitrogens with zero attached hydrogens (tertiary/aromatic N) is 1. The number of carbonyl (C=O) groups is 1. The van der Waals surface area contributed by atoms with Crippen LogP contribution < -0.4 is 11.1 Å². The molecule has 1 atom stereocenters. The van der Waals surface area contributed by atoms with Crippen molar-refractivity contribution >= 4 is 29.1 Å². The van der Waals surface area contributed by atoms with Crippen LogP contribution in [0.25, 0.3) is 11.3 Å². The standard InChI is InChI=1S/C18H21Cl2N3O2/c1-18(10-21,11-2-3-11)23-16(24)6-7-17-22-9-15(25-17)13-5-4-12(19)8-14(13)20/h4-5,8-9,11H,2-3,6-7,10,21H2,1H3,(H,23,24). The van der Waals surface area contributed by atoms with Crippen molar-refractivity contribution in [2.24, 2.45) is 11.7 Å². The highest BCUT2D eigenvalue weighted by molar-refractivity contribution is 6.36. The van der Waals surface area contributed by atoms with E-state index in [2.05, 4.69) is 10.3 Å². The van der Waals surface area contributed by atoms with E-state index in [9.17, 15) is 4.79 Å². The van der Waals surface area contributed by atoms with E-state index >= 15 is 0 Å². The van der Waals surface area contributed by atoms with Gasteiger partial charge in [0.1, 0.15) is 0 Å². The number of hydrogen-bond donors (Lipinski definition) is 2. The number of nitrogens with two attached hydrogens (primary N) is 1. The molecular formula is C18H21Cl2N3O2. The molecule has 3 rings (SSSR count). The minimum atomic E-state index is -0.310. The first-order valence-electron chi connectivity index (χ1n) is 8.32. The fourth-order valence-corrected chi connectivity index (χ4v) is 3.38. The second-order valence-electron chi connectivity index (χ2n) is 6.69. The Morgan fingerprint density at radius 1 is 1.44 bits per heavy atom. The molecule has 1 aliphatic rings. The highest BCUT2D eigenvalue weighted by Crippen LogP contribution is 2.39. The van der Waals surface area contributed by atoms with Crippen LogP contribution in [0.15, 0.2) is 28.8 Å². The molecule has 0 aliphatic heterocycles. The van der Waals surface area contributed by atoms with Gasteiger partial charge in [-0.05, 0) is 43.9 Å². The zero-order chi connectivity index (χ0) is 18.0. The molecule has 2 aromatic rings. The molecule has 1 unspecified atom stereocenters. The minimum absolute atomic E-state index is 0.0378. The molecule has 1 amide bonds. The van der Waals surface area contributed by atoms with Gasteiger partial charge in [0.05, 0.1) is 16.8 Å². The van der Waals surface area contributed by atoms with Crippen LogP contribution in [0.4, 0.5) is 0 Å². The van der Waals surface area contributed by atoms with Crippen LogP contribution in [0.1, 0.15) is 32.1 Å². The number of aromatic nitrogens is 1. The molecular weight excluding hydrogens is 361 g/mol. The van der Waals surface area contributed by atoms with Gasteiger partial charge in [0.2, 0.25) is 5.91 Å². The van der Waals surface area contributed by atoms with Gasteiger partial charge in [-0.1, -0.05) is 23.2 Å². The second kappa shape index (κ2) is 7.36. The average Bonchev–Trinajstić information content (AvgIpc) is 3.33. The second-order valence-corrected chi connectivity index (χ2v) is 7.53. The summed E-state index contributed by atoms with van der Waals surface area (Å²) in [5.74, 6) is 1.50. The fraction of sp³-hybridized carbons (Fsp3) is 0.444. The molecule has 1 saturated carbocycles. The number of hydrogen-bond acceptors (Lipinski definition) is 4. The predicted molar refractivity (Wildman–Crippen MR) is 98.6 cm³/mol. The van der Waals surface area contributed by atoms with E-state index < -0.39 is 0 Å². The Kier molecular flexibility index (Phi) is 5.37. The summed E-state index contributed by atoms with van der Waals surface area (Å²) in [5.41, 5.74) is 6.24. The van der Waals surface area contributed by atoms with Crippen LogP contribution in [-0.2, 0) is 11.2 Å². The Hall–Kier alpha value is -1.56. The van der Waals surface area contributed by atoms with Crippen LogP contribution in [0, 0.1) is 5.92 Å². The number of nitrogens with one attached hydrogen (secondary N) is 1. The van der Waals surface area contributed by atoms with E-state index in [0.29, 0.717) is 47.0 Å². The van der Waals surface area contributed by atoms with Crippen molar-refractivity contribution in [1.82, 2.24) is 10.3 Å². The third-order valence-corrected chi connectivity index (χ3v) is 5.19. The van der Waals surface area contributed by atoms with Crippen LogP contribution in [0.2, 0.25) is 10.0 Å². The van der Waals surface area contributed by atoms with Crippen molar-refractivity contribution in [2.75, 3.05) is 6.54 Å². The van der Waals surface area contributed by atoms with Crippen molar-refractivity contribution < 1.29 is 9.21 Å². The average molecular weight is 382 g/mol. The number of benzene rings is 1. The van der Waals surface area contributed by atoms with E-state index in [4.69, 9.17) is 33.4 Å². The first kappa shape index (κ1) is 18.2. The Balaban J connectivity index is 1.59. The van der Waals surface area contributed by atoms with Crippen molar-refractivity contribution in [2.45, 2.75) is 38.1 Å². The number of amides is 1. The van der Waals surface area contributed by atoms with Crippen LogP contribution in [0.5, 0.6) is 0 Å². The number of oxazole rings is 1. The van der Waals surface area contributed by atoms with E-state index in [1.165, 1.54) is 0 Å². The van der Waals surface area contributed by atoms with Gasteiger partial charge in [-0.25, -0.2) is 4.98 Å². The maximum absolute atomic E-state index is 12.2. The van der Waals surface area contributed by atoms with E-state index in [1.807, 2.05) is 6.92 Å². The summed E-state index contributed by atoms with van der Waals surface area (Å²) in [7, 11) is 0. The number of carbonyl (C=O) groups excluding carboxylic acids is 1. The summed E-state index contributed by atoms with van der Waals surface area (Å²) in [6.07, 6.45) is 4.58. The van der Waals surface area contributed by atoms with E-state index in [-0.39, 0.29) is 11.4 Å². The first-order valence-corrected chi connectivity index (χ1v) is 9.08. The fourth-order valence-electron chi connectivity index (χ4n) is 2.88. The molecule has 7 heteroatoms. The van der Waals surface area contributed by atoms with Gasteiger partial charge >= 0.3 is 0 Å². The van der Waals surface area contributed by atoms with Crippen molar-refractivity contribution in [3.05, 3.63) is 40.3 Å². The lowest BCUT2D eigenvalue weighted by atomic mass is 9.95. The van der Waals surface area contributed by atoms with Crippen LogP contribution >= 0.6 is 23.2 Å². The Morgan fingerprint density at radius 2 is 2.20 bits per heavy atom. The summed E-state index contributed by atoms with van der Waals surface area (Å²) < 4.78 is 5.71. The minimum Gasteiger partial charge on any atom is -0.441 e. The Morgan fingerprint density at radius 3 is 2.84 bits per heavy atom. The lowest BCUT2D eigenvalue weighted by Crippen LogP contribution is -2.53. The lowest BCUT2D eigenvalue weighted by molar-refractivity contribution is -0.123. The number of rotatable bonds is 7. The van der Waals surface area contributed by atoms with Crippen molar-refractivity contribution in [1.29, 1.82) is 0 Å². The Labute approximate surface area is 156 Å². The highest BCUT2D eigenvalue weighted by Gasteiger charge is 2.41. The molecule has 0 spiro atoms. The lowest BCUT2D eigenvalue weighted by Gasteiger charge is -2.29. The molecule has 1 heterocycles. The van der Waals surface area contributed by atoms with Gasteiger partial charge < -0.3 is 15.5 Å². The molecule has 0 bridgehead atoms. The van der Waals surface area contributed by atoms with E-state index in [1.54, 1.807) is 24.4 Å². The van der Waals surface area contributed by atoms with Gasteiger partial charge in [-0.3, -0.25) is 4.79 Å². The molecule has 0 radical (unpaired) electrons. The molecule has 1 fully saturated rings. The topological polar surface area (TPSA) is 81.1 Å². The summed E-state index contributed by atoms with van der Waals surface area (Å²) in [6, 6.07) is 5.17. The van der Waals surface area contributed by atoms with Gasteiger partial charge in [-0.2, -0.15) is 0 Å². The van der Waals surface area contributed by atoms with E-state index in [0.717, 1.165) is 18.4 Å². The molecule has 1 aromatic heterocycles. The SMILES string of the molecule is CC(CN)(NC(=O)CCc1ncc(-c2ccc(Cl)cc2Cl)o1)C1CC1. The molecule has 1 aromatic carbocycles. The number of aryl methyl sites for hydroxylation is 1. The zero-order valence-corrected chi connectivity index (χ0v) is 15.5. The highest BCUT2D eigenvalue weighted by atomic mass is 35.5. The molecule has 5 nitrogen and oxygen atoms in total. The largest absolute Gasteiger partial charge is 0.441 e. The molecule has 25 heavy (non-hydrogen) atoms. The third kappa shape index (κ3) is 4.35. The smallest absolute Gasteiger partial charge is 0.220 e. The van der Waals surface area contributed by atoms with Gasteiger partial charge in [0.15, 0.2) is 11.7 Å². The van der Waals surface area contributed by atoms with Crippen molar-refractivity contribution in [3.63, 3.8) is 0 Å². The number of halogens is 2. The zero-order valence-electron chi connectivity index (χ0n) is 14.0. The molecule has 134 valence electrons. The first-order chi connectivity index (χ1) is 11.9. The maximum atomic E-state index is 12.2. The van der Waals surface area contributed by atoms with Crippen molar-refractivity contribution in [3.8, 4) is 11.3 Å². The third-order valence-electron chi connectivity index (χ3n) is 4.64. The molecule has 1 aliphatic carbocycles. The Bertz CT molecular complexity index is 773. The normalized spacial score (nSPS) is 16.5. The molecule has 3 N–H and O–H groups in total. The van der Waals surface area contributed by atoms with Crippen LogP contribution in [0.3, 0.4) is 0 Å².